The number of carbonyl (C=O) groups excluding carboxylic acids is 2. The van der Waals surface area contributed by atoms with Crippen molar-refractivity contribution in [2.45, 2.75) is 30.9 Å². The fourth-order valence-corrected chi connectivity index (χ4v) is 3.64. The van der Waals surface area contributed by atoms with E-state index in [1.807, 2.05) is 4.72 Å². The molecule has 2 rings (SSSR count). The normalized spacial score (nSPS) is 12.8. The maximum Gasteiger partial charge on any atom is 0.471 e. The third-order valence-corrected chi connectivity index (χ3v) is 5.21. The van der Waals surface area contributed by atoms with Crippen LogP contribution in [0.3, 0.4) is 0 Å². The fraction of sp³-hybridized carbons (Fsp3) is 0.263. The standard InChI is InChI=1S/C19H20F3N3O4S/c20-19(21,22)18(27)24-11-14-6-8-15(9-7-14)12-30(28,29)25-17(26)16(23)10-13-4-2-1-3-5-13/h1-9,16H,10-12,23H2,(H,24,27)(H,25,26)/t16-/m0/s1. The number of hydrogen-bond donors (Lipinski definition) is 3. The van der Waals surface area contributed by atoms with Crippen molar-refractivity contribution >= 4 is 21.8 Å². The molecular weight excluding hydrogens is 423 g/mol. The summed E-state index contributed by atoms with van der Waals surface area (Å²) < 4.78 is 62.8. The van der Waals surface area contributed by atoms with Crippen molar-refractivity contribution in [1.29, 1.82) is 0 Å². The Morgan fingerprint density at radius 2 is 1.50 bits per heavy atom. The maximum atomic E-state index is 12.2. The van der Waals surface area contributed by atoms with Crippen LogP contribution in [-0.4, -0.2) is 32.5 Å². The molecule has 4 N–H and O–H groups in total. The second-order valence-electron chi connectivity index (χ2n) is 6.52. The number of benzene rings is 2. The number of alkyl halides is 3. The van der Waals surface area contributed by atoms with Crippen molar-refractivity contribution in [1.82, 2.24) is 10.0 Å². The lowest BCUT2D eigenvalue weighted by Crippen LogP contribution is -2.44. The second kappa shape index (κ2) is 9.72. The second-order valence-corrected chi connectivity index (χ2v) is 8.24. The van der Waals surface area contributed by atoms with Gasteiger partial charge in [-0.25, -0.2) is 8.42 Å². The molecule has 2 aromatic rings. The summed E-state index contributed by atoms with van der Waals surface area (Å²) in [7, 11) is -4.03. The van der Waals surface area contributed by atoms with E-state index in [0.717, 1.165) is 5.56 Å². The smallest absolute Gasteiger partial charge is 0.344 e. The number of sulfonamides is 1. The summed E-state index contributed by atoms with van der Waals surface area (Å²) in [6, 6.07) is 13.3. The molecule has 0 aliphatic heterocycles. The number of nitrogens with one attached hydrogen (secondary N) is 2. The van der Waals surface area contributed by atoms with Gasteiger partial charge in [0.2, 0.25) is 10.0 Å². The third kappa shape index (κ3) is 7.48. The first-order valence-electron chi connectivity index (χ1n) is 8.73. The molecule has 0 spiro atoms. The molecule has 0 saturated carbocycles. The predicted molar refractivity (Wildman–Crippen MR) is 103 cm³/mol. The molecule has 0 fully saturated rings. The molecule has 0 aliphatic rings. The lowest BCUT2D eigenvalue weighted by molar-refractivity contribution is -0.173. The monoisotopic (exact) mass is 443 g/mol. The van der Waals surface area contributed by atoms with E-state index in [1.54, 1.807) is 35.6 Å². The van der Waals surface area contributed by atoms with Gasteiger partial charge in [0.25, 0.3) is 5.91 Å². The first kappa shape index (κ1) is 23.4. The molecule has 162 valence electrons. The van der Waals surface area contributed by atoms with Crippen molar-refractivity contribution in [2.24, 2.45) is 5.73 Å². The molecule has 0 radical (unpaired) electrons. The molecule has 2 amide bonds. The molecular formula is C19H20F3N3O4S. The van der Waals surface area contributed by atoms with Crippen LogP contribution < -0.4 is 15.8 Å². The van der Waals surface area contributed by atoms with Gasteiger partial charge in [0.05, 0.1) is 11.8 Å². The molecule has 0 unspecified atom stereocenters. The highest BCUT2D eigenvalue weighted by molar-refractivity contribution is 7.89. The van der Waals surface area contributed by atoms with E-state index in [0.29, 0.717) is 11.1 Å². The van der Waals surface area contributed by atoms with Gasteiger partial charge in [-0.05, 0) is 23.1 Å². The van der Waals surface area contributed by atoms with Crippen molar-refractivity contribution in [3.05, 3.63) is 71.3 Å². The van der Waals surface area contributed by atoms with Gasteiger partial charge in [0.15, 0.2) is 0 Å². The van der Waals surface area contributed by atoms with E-state index in [-0.39, 0.29) is 13.0 Å². The zero-order valence-corrected chi connectivity index (χ0v) is 16.5. The zero-order chi connectivity index (χ0) is 22.4. The minimum Gasteiger partial charge on any atom is -0.344 e. The molecule has 7 nitrogen and oxygen atoms in total. The summed E-state index contributed by atoms with van der Waals surface area (Å²) in [4.78, 5) is 22.9. The Kier molecular flexibility index (Phi) is 7.57. The Morgan fingerprint density at radius 1 is 0.933 bits per heavy atom. The topological polar surface area (TPSA) is 118 Å². The highest BCUT2D eigenvalue weighted by Crippen LogP contribution is 2.15. The molecule has 2 aromatic carbocycles. The van der Waals surface area contributed by atoms with Crippen LogP contribution in [0.4, 0.5) is 13.2 Å². The number of amides is 2. The summed E-state index contributed by atoms with van der Waals surface area (Å²) in [6.07, 6.45) is -4.81. The molecule has 0 saturated heterocycles. The van der Waals surface area contributed by atoms with Gasteiger partial charge in [-0.2, -0.15) is 13.2 Å². The Balaban J connectivity index is 1.90. The van der Waals surface area contributed by atoms with E-state index >= 15 is 0 Å². The van der Waals surface area contributed by atoms with Gasteiger partial charge >= 0.3 is 12.1 Å². The molecule has 0 aliphatic carbocycles. The molecule has 0 aromatic heterocycles. The average Bonchev–Trinajstić information content (AvgIpc) is 2.66. The Morgan fingerprint density at radius 3 is 2.07 bits per heavy atom. The van der Waals surface area contributed by atoms with Crippen LogP contribution in [0, 0.1) is 0 Å². The Bertz CT molecular complexity index is 978. The first-order valence-corrected chi connectivity index (χ1v) is 10.4. The quantitative estimate of drug-likeness (QED) is 0.570. The summed E-state index contributed by atoms with van der Waals surface area (Å²) >= 11 is 0. The van der Waals surface area contributed by atoms with Gasteiger partial charge in [0, 0.05) is 6.54 Å². The van der Waals surface area contributed by atoms with Gasteiger partial charge in [0.1, 0.15) is 0 Å². The third-order valence-electron chi connectivity index (χ3n) is 3.98. The van der Waals surface area contributed by atoms with Crippen molar-refractivity contribution in [3.8, 4) is 0 Å². The maximum absolute atomic E-state index is 12.2. The van der Waals surface area contributed by atoms with E-state index < -0.39 is 39.8 Å². The van der Waals surface area contributed by atoms with Crippen molar-refractivity contribution in [3.63, 3.8) is 0 Å². The fourth-order valence-electron chi connectivity index (χ4n) is 2.48. The molecule has 30 heavy (non-hydrogen) atoms. The summed E-state index contributed by atoms with van der Waals surface area (Å²) in [5, 5.41) is 1.71. The SMILES string of the molecule is N[C@@H](Cc1ccccc1)C(=O)NS(=O)(=O)Cc1ccc(CNC(=O)C(F)(F)F)cc1. The van der Waals surface area contributed by atoms with Crippen LogP contribution in [0.2, 0.25) is 0 Å². The molecule has 0 heterocycles. The van der Waals surface area contributed by atoms with Crippen LogP contribution >= 0.6 is 0 Å². The molecule has 11 heteroatoms. The summed E-state index contributed by atoms with van der Waals surface area (Å²) in [6.45, 7) is -0.365. The number of hydrogen-bond acceptors (Lipinski definition) is 5. The largest absolute Gasteiger partial charge is 0.471 e. The number of carbonyl (C=O) groups is 2. The van der Waals surface area contributed by atoms with Gasteiger partial charge < -0.3 is 11.1 Å². The number of rotatable bonds is 8. The van der Waals surface area contributed by atoms with Crippen LogP contribution in [-0.2, 0) is 38.3 Å². The van der Waals surface area contributed by atoms with Crippen LogP contribution in [0.25, 0.3) is 0 Å². The van der Waals surface area contributed by atoms with Crippen LogP contribution in [0.5, 0.6) is 0 Å². The van der Waals surface area contributed by atoms with Gasteiger partial charge in [-0.3, -0.25) is 14.3 Å². The highest BCUT2D eigenvalue weighted by atomic mass is 32.2. The van der Waals surface area contributed by atoms with E-state index in [9.17, 15) is 31.2 Å². The molecule has 1 atom stereocenters. The number of halogens is 3. The lowest BCUT2D eigenvalue weighted by atomic mass is 10.1. The van der Waals surface area contributed by atoms with Crippen molar-refractivity contribution < 1.29 is 31.2 Å². The highest BCUT2D eigenvalue weighted by Gasteiger charge is 2.38. The zero-order valence-electron chi connectivity index (χ0n) is 15.6. The summed E-state index contributed by atoms with van der Waals surface area (Å²) in [5.74, 6) is -3.43. The predicted octanol–water partition coefficient (Wildman–Crippen LogP) is 1.38. The van der Waals surface area contributed by atoms with E-state index in [2.05, 4.69) is 0 Å². The minimum absolute atomic E-state index is 0.167. The number of nitrogens with two attached hydrogens (primary N) is 1. The Labute approximate surface area is 171 Å². The van der Waals surface area contributed by atoms with Crippen molar-refractivity contribution in [2.75, 3.05) is 0 Å². The minimum atomic E-state index is -4.98. The van der Waals surface area contributed by atoms with Crippen LogP contribution in [0.1, 0.15) is 16.7 Å². The van der Waals surface area contributed by atoms with Crippen LogP contribution in [0.15, 0.2) is 54.6 Å². The van der Waals surface area contributed by atoms with Gasteiger partial charge in [-0.1, -0.05) is 54.6 Å². The summed E-state index contributed by atoms with van der Waals surface area (Å²) in [5.41, 5.74) is 7.20. The van der Waals surface area contributed by atoms with E-state index in [4.69, 9.17) is 5.73 Å². The first-order chi connectivity index (χ1) is 14.0. The van der Waals surface area contributed by atoms with E-state index in [1.165, 1.54) is 24.3 Å². The Hall–Kier alpha value is -2.92. The van der Waals surface area contributed by atoms with Gasteiger partial charge in [-0.15, -0.1) is 0 Å². The lowest BCUT2D eigenvalue weighted by Gasteiger charge is -2.13. The average molecular weight is 443 g/mol. The molecule has 0 bridgehead atoms.